The molecule has 0 aromatic heterocycles. The molecular weight excluding hydrogens is 300 g/mol. The Morgan fingerprint density at radius 3 is 2.30 bits per heavy atom. The van der Waals surface area contributed by atoms with Crippen LogP contribution in [0.4, 0.5) is 14.5 Å². The summed E-state index contributed by atoms with van der Waals surface area (Å²) in [6, 6.07) is 9.55. The molecule has 0 radical (unpaired) electrons. The lowest BCUT2D eigenvalue weighted by atomic mass is 10.0. The number of nitrogens with one attached hydrogen (secondary N) is 1. The molecule has 1 amide bonds. The van der Waals surface area contributed by atoms with Crippen molar-refractivity contribution in [2.45, 2.75) is 26.4 Å². The van der Waals surface area contributed by atoms with Crippen molar-refractivity contribution < 1.29 is 18.7 Å². The van der Waals surface area contributed by atoms with Crippen LogP contribution in [0.1, 0.15) is 20.3 Å². The Hall–Kier alpha value is -2.27. The van der Waals surface area contributed by atoms with Crippen LogP contribution in [0.5, 0.6) is 0 Å². The zero-order valence-corrected chi connectivity index (χ0v) is 13.0. The summed E-state index contributed by atoms with van der Waals surface area (Å²) in [6.07, 6.45) is -0.789. The molecular formula is C18H19F2NO2. The van der Waals surface area contributed by atoms with Crippen LogP contribution in [0.25, 0.3) is 11.1 Å². The lowest BCUT2D eigenvalue weighted by Gasteiger charge is -2.16. The van der Waals surface area contributed by atoms with Gasteiger partial charge in [0.05, 0.1) is 12.5 Å². The van der Waals surface area contributed by atoms with E-state index in [2.05, 4.69) is 5.32 Å². The van der Waals surface area contributed by atoms with Gasteiger partial charge in [-0.05, 0) is 41.8 Å². The fourth-order valence-electron chi connectivity index (χ4n) is 2.12. The number of carbonyl (C=O) groups excluding carboxylic acids is 1. The second-order valence-electron chi connectivity index (χ2n) is 5.76. The first-order chi connectivity index (χ1) is 10.9. The monoisotopic (exact) mass is 319 g/mol. The molecule has 0 aliphatic heterocycles. The number of amides is 1. The van der Waals surface area contributed by atoms with Gasteiger partial charge in [0.15, 0.2) is 0 Å². The molecule has 1 unspecified atom stereocenters. The largest absolute Gasteiger partial charge is 0.392 e. The predicted molar refractivity (Wildman–Crippen MR) is 85.9 cm³/mol. The van der Waals surface area contributed by atoms with Gasteiger partial charge in [-0.25, -0.2) is 8.78 Å². The van der Waals surface area contributed by atoms with Gasteiger partial charge in [-0.1, -0.05) is 26.0 Å². The van der Waals surface area contributed by atoms with Crippen LogP contribution in [-0.2, 0) is 4.79 Å². The molecule has 1 atom stereocenters. The summed E-state index contributed by atoms with van der Waals surface area (Å²) in [5.74, 6) is -1.24. The van der Waals surface area contributed by atoms with Gasteiger partial charge in [-0.2, -0.15) is 0 Å². The number of anilines is 1. The quantitative estimate of drug-likeness (QED) is 0.876. The van der Waals surface area contributed by atoms with Gasteiger partial charge >= 0.3 is 0 Å². The minimum atomic E-state index is -0.746. The molecule has 0 heterocycles. The van der Waals surface area contributed by atoms with Gasteiger partial charge in [0.25, 0.3) is 0 Å². The second-order valence-corrected chi connectivity index (χ2v) is 5.76. The summed E-state index contributed by atoms with van der Waals surface area (Å²) in [7, 11) is 0. The molecule has 3 nitrogen and oxygen atoms in total. The fraction of sp³-hybridized carbons (Fsp3) is 0.278. The van der Waals surface area contributed by atoms with Crippen molar-refractivity contribution in [2.75, 3.05) is 5.32 Å². The van der Waals surface area contributed by atoms with Crippen LogP contribution in [0, 0.1) is 17.6 Å². The maximum atomic E-state index is 13.5. The van der Waals surface area contributed by atoms with E-state index in [1.54, 1.807) is 0 Å². The van der Waals surface area contributed by atoms with Gasteiger partial charge < -0.3 is 10.4 Å². The molecule has 2 N–H and O–H groups in total. The summed E-state index contributed by atoms with van der Waals surface area (Å²) in [6.45, 7) is 3.64. The first kappa shape index (κ1) is 17.1. The highest BCUT2D eigenvalue weighted by Crippen LogP contribution is 2.29. The maximum absolute atomic E-state index is 13.5. The summed E-state index contributed by atoms with van der Waals surface area (Å²) in [5.41, 5.74) is 1.46. The van der Waals surface area contributed by atoms with Crippen LogP contribution in [-0.4, -0.2) is 17.1 Å². The smallest absolute Gasteiger partial charge is 0.227 e. The first-order valence-electron chi connectivity index (χ1n) is 7.40. The lowest BCUT2D eigenvalue weighted by Crippen LogP contribution is -2.23. The van der Waals surface area contributed by atoms with E-state index in [4.69, 9.17) is 0 Å². The van der Waals surface area contributed by atoms with Crippen molar-refractivity contribution in [2.24, 2.45) is 5.92 Å². The molecule has 0 saturated heterocycles. The third kappa shape index (κ3) is 4.60. The van der Waals surface area contributed by atoms with Gasteiger partial charge in [-0.3, -0.25) is 4.79 Å². The maximum Gasteiger partial charge on any atom is 0.227 e. The zero-order chi connectivity index (χ0) is 17.0. The average molecular weight is 319 g/mol. The molecule has 23 heavy (non-hydrogen) atoms. The first-order valence-corrected chi connectivity index (χ1v) is 7.40. The van der Waals surface area contributed by atoms with E-state index < -0.39 is 17.7 Å². The number of hydrogen-bond acceptors (Lipinski definition) is 2. The topological polar surface area (TPSA) is 49.3 Å². The van der Waals surface area contributed by atoms with E-state index in [0.717, 1.165) is 0 Å². The Bertz CT molecular complexity index is 684. The zero-order valence-electron chi connectivity index (χ0n) is 13.0. The van der Waals surface area contributed by atoms with Crippen LogP contribution < -0.4 is 5.32 Å². The summed E-state index contributed by atoms with van der Waals surface area (Å²) in [4.78, 5) is 12.0. The predicted octanol–water partition coefficient (Wildman–Crippen LogP) is 3.98. The lowest BCUT2D eigenvalue weighted by molar-refractivity contribution is -0.118. The molecule has 0 bridgehead atoms. The minimum Gasteiger partial charge on any atom is -0.392 e. The Kier molecular flexibility index (Phi) is 5.45. The van der Waals surface area contributed by atoms with Crippen molar-refractivity contribution in [3.8, 4) is 11.1 Å². The molecule has 0 fully saturated rings. The normalized spacial score (nSPS) is 12.3. The third-order valence-corrected chi connectivity index (χ3v) is 3.58. The SMILES string of the molecule is CC(C)C(O)CC(=O)Nc1ccc(F)cc1-c1ccc(F)cc1. The van der Waals surface area contributed by atoms with Crippen LogP contribution in [0.15, 0.2) is 42.5 Å². The third-order valence-electron chi connectivity index (χ3n) is 3.58. The highest BCUT2D eigenvalue weighted by atomic mass is 19.1. The number of halogens is 2. The summed E-state index contributed by atoms with van der Waals surface area (Å²) >= 11 is 0. The summed E-state index contributed by atoms with van der Waals surface area (Å²) < 4.78 is 26.6. The Morgan fingerprint density at radius 1 is 1.09 bits per heavy atom. The molecule has 2 rings (SSSR count). The standard InChI is InChI=1S/C18H19F2NO2/c1-11(2)17(22)10-18(23)21-16-8-7-14(20)9-15(16)12-3-5-13(19)6-4-12/h3-9,11,17,22H,10H2,1-2H3,(H,21,23). The van der Waals surface area contributed by atoms with Gasteiger partial charge in [0.2, 0.25) is 5.91 Å². The van der Waals surface area contributed by atoms with E-state index in [0.29, 0.717) is 16.8 Å². The number of aliphatic hydroxyl groups is 1. The van der Waals surface area contributed by atoms with Crippen molar-refractivity contribution in [1.82, 2.24) is 0 Å². The van der Waals surface area contributed by atoms with Crippen LogP contribution in [0.3, 0.4) is 0 Å². The van der Waals surface area contributed by atoms with Gasteiger partial charge in [-0.15, -0.1) is 0 Å². The number of carbonyl (C=O) groups is 1. The summed E-state index contributed by atoms with van der Waals surface area (Å²) in [5, 5.41) is 12.5. The minimum absolute atomic E-state index is 0.0365. The highest BCUT2D eigenvalue weighted by Gasteiger charge is 2.16. The fourth-order valence-corrected chi connectivity index (χ4v) is 2.12. The van der Waals surface area contributed by atoms with Crippen molar-refractivity contribution in [3.63, 3.8) is 0 Å². The van der Waals surface area contributed by atoms with Crippen LogP contribution in [0.2, 0.25) is 0 Å². The number of benzene rings is 2. The Balaban J connectivity index is 2.25. The van der Waals surface area contributed by atoms with E-state index >= 15 is 0 Å². The van der Waals surface area contributed by atoms with Gasteiger partial charge in [0.1, 0.15) is 11.6 Å². The van der Waals surface area contributed by atoms with Crippen LogP contribution >= 0.6 is 0 Å². The molecule has 2 aromatic carbocycles. The Labute approximate surface area is 134 Å². The molecule has 0 saturated carbocycles. The highest BCUT2D eigenvalue weighted by molar-refractivity contribution is 5.95. The van der Waals surface area contributed by atoms with E-state index in [9.17, 15) is 18.7 Å². The molecule has 122 valence electrons. The van der Waals surface area contributed by atoms with E-state index in [-0.39, 0.29) is 18.2 Å². The molecule has 5 heteroatoms. The molecule has 2 aromatic rings. The average Bonchev–Trinajstić information content (AvgIpc) is 2.49. The van der Waals surface area contributed by atoms with E-state index in [1.807, 2.05) is 13.8 Å². The second kappa shape index (κ2) is 7.33. The Morgan fingerprint density at radius 2 is 1.70 bits per heavy atom. The van der Waals surface area contributed by atoms with E-state index in [1.165, 1.54) is 42.5 Å². The van der Waals surface area contributed by atoms with Crippen molar-refractivity contribution >= 4 is 11.6 Å². The molecule has 0 aliphatic rings. The van der Waals surface area contributed by atoms with Crippen molar-refractivity contribution in [1.29, 1.82) is 0 Å². The molecule has 0 aliphatic carbocycles. The number of aliphatic hydroxyl groups excluding tert-OH is 1. The molecule has 0 spiro atoms. The van der Waals surface area contributed by atoms with Crippen molar-refractivity contribution in [3.05, 3.63) is 54.1 Å². The van der Waals surface area contributed by atoms with Gasteiger partial charge in [0, 0.05) is 11.3 Å². The number of rotatable bonds is 5. The number of hydrogen-bond donors (Lipinski definition) is 2.